The third-order valence-electron chi connectivity index (χ3n) is 7.02. The van der Waals surface area contributed by atoms with Gasteiger partial charge in [-0.25, -0.2) is 0 Å². The van der Waals surface area contributed by atoms with E-state index in [0.717, 1.165) is 57.4 Å². The summed E-state index contributed by atoms with van der Waals surface area (Å²) in [6.07, 6.45) is 5.11. The zero-order valence-electron chi connectivity index (χ0n) is 22.7. The monoisotopic (exact) mass is 517 g/mol. The normalized spacial score (nSPS) is 17.8. The van der Waals surface area contributed by atoms with Gasteiger partial charge in [-0.05, 0) is 106 Å². The maximum atomic E-state index is 13.1. The predicted octanol–water partition coefficient (Wildman–Crippen LogP) is 6.70. The molecule has 0 aliphatic carbocycles. The standard InChI is InChI=1S/C30H35N3O3S/c1-8-12-33-24-13-20(4)22(14-23(24)21(5)16-30(33,6)7)15-25-28(35)32(29(36)37-25)17-26(34)31-27-18(2)10-9-11-19(27)3/h9-11,13-16H,8,12,17H2,1-7H3,(H,31,34)/b25-15+. The summed E-state index contributed by atoms with van der Waals surface area (Å²) in [5, 5.41) is 2.42. The maximum absolute atomic E-state index is 13.1. The van der Waals surface area contributed by atoms with Crippen molar-refractivity contribution in [1.29, 1.82) is 0 Å². The van der Waals surface area contributed by atoms with E-state index >= 15 is 0 Å². The summed E-state index contributed by atoms with van der Waals surface area (Å²) in [5.41, 5.74) is 7.93. The number of para-hydroxylation sites is 1. The number of aryl methyl sites for hydroxylation is 3. The van der Waals surface area contributed by atoms with Gasteiger partial charge in [0.05, 0.1) is 10.4 Å². The smallest absolute Gasteiger partial charge is 0.294 e. The van der Waals surface area contributed by atoms with Gasteiger partial charge in [0.2, 0.25) is 5.91 Å². The number of carbonyl (C=O) groups is 3. The molecule has 2 aliphatic rings. The van der Waals surface area contributed by atoms with Crippen molar-refractivity contribution in [1.82, 2.24) is 4.90 Å². The number of benzene rings is 2. The summed E-state index contributed by atoms with van der Waals surface area (Å²) in [7, 11) is 0. The number of anilines is 2. The van der Waals surface area contributed by atoms with E-state index in [-0.39, 0.29) is 12.1 Å². The molecule has 194 valence electrons. The summed E-state index contributed by atoms with van der Waals surface area (Å²) in [5.74, 6) is -0.838. The van der Waals surface area contributed by atoms with E-state index in [2.05, 4.69) is 56.1 Å². The van der Waals surface area contributed by atoms with Gasteiger partial charge in [0.25, 0.3) is 11.1 Å². The Morgan fingerprint density at radius 1 is 1.05 bits per heavy atom. The number of allylic oxidation sites excluding steroid dienone is 1. The number of nitrogens with zero attached hydrogens (tertiary/aromatic N) is 2. The maximum Gasteiger partial charge on any atom is 0.294 e. The highest BCUT2D eigenvalue weighted by molar-refractivity contribution is 8.18. The fourth-order valence-corrected chi connectivity index (χ4v) is 5.97. The van der Waals surface area contributed by atoms with Crippen molar-refractivity contribution in [3.05, 3.63) is 69.1 Å². The van der Waals surface area contributed by atoms with Crippen molar-refractivity contribution in [3.63, 3.8) is 0 Å². The average Bonchev–Trinajstić information content (AvgIpc) is 3.07. The SMILES string of the molecule is CCCN1c2cc(C)c(/C=C3/SC(=O)N(CC(=O)Nc4c(C)cccc4C)C3=O)cc2C(C)=CC1(C)C. The Kier molecular flexibility index (Phi) is 7.38. The van der Waals surface area contributed by atoms with Crippen LogP contribution < -0.4 is 10.2 Å². The Labute approximate surface area is 223 Å². The van der Waals surface area contributed by atoms with Crippen molar-refractivity contribution in [2.24, 2.45) is 0 Å². The second kappa shape index (κ2) is 10.2. The van der Waals surface area contributed by atoms with Crippen molar-refractivity contribution in [3.8, 4) is 0 Å². The fraction of sp³-hybridized carbons (Fsp3) is 0.367. The van der Waals surface area contributed by atoms with Crippen molar-refractivity contribution < 1.29 is 14.4 Å². The third-order valence-corrected chi connectivity index (χ3v) is 7.93. The first-order valence-corrected chi connectivity index (χ1v) is 13.5. The largest absolute Gasteiger partial charge is 0.362 e. The number of nitrogens with one attached hydrogen (secondary N) is 1. The highest BCUT2D eigenvalue weighted by atomic mass is 32.2. The van der Waals surface area contributed by atoms with Crippen LogP contribution in [0.4, 0.5) is 16.2 Å². The molecule has 2 heterocycles. The van der Waals surface area contributed by atoms with Gasteiger partial charge in [0.15, 0.2) is 0 Å². The van der Waals surface area contributed by atoms with Crippen LogP contribution in [0.2, 0.25) is 0 Å². The Morgan fingerprint density at radius 2 is 1.73 bits per heavy atom. The molecule has 0 spiro atoms. The topological polar surface area (TPSA) is 69.7 Å². The van der Waals surface area contributed by atoms with Crippen LogP contribution in [0.3, 0.4) is 0 Å². The molecule has 37 heavy (non-hydrogen) atoms. The molecule has 2 aromatic carbocycles. The van der Waals surface area contributed by atoms with E-state index in [4.69, 9.17) is 0 Å². The zero-order valence-corrected chi connectivity index (χ0v) is 23.5. The molecule has 1 N–H and O–H groups in total. The number of hydrogen-bond acceptors (Lipinski definition) is 5. The second-order valence-corrected chi connectivity index (χ2v) is 11.4. The molecule has 1 saturated heterocycles. The molecule has 0 aromatic heterocycles. The van der Waals surface area contributed by atoms with E-state index in [1.165, 1.54) is 11.3 Å². The average molecular weight is 518 g/mol. The molecule has 0 saturated carbocycles. The van der Waals surface area contributed by atoms with Gasteiger partial charge in [-0.3, -0.25) is 19.3 Å². The van der Waals surface area contributed by atoms with Gasteiger partial charge in [-0.1, -0.05) is 31.2 Å². The highest BCUT2D eigenvalue weighted by Crippen LogP contribution is 2.41. The van der Waals surface area contributed by atoms with Crippen LogP contribution in [0, 0.1) is 20.8 Å². The lowest BCUT2D eigenvalue weighted by atomic mass is 9.86. The minimum Gasteiger partial charge on any atom is -0.362 e. The van der Waals surface area contributed by atoms with Gasteiger partial charge in [-0.2, -0.15) is 0 Å². The predicted molar refractivity (Wildman–Crippen MR) is 154 cm³/mol. The molecular formula is C30H35N3O3S. The van der Waals surface area contributed by atoms with E-state index in [0.29, 0.717) is 10.6 Å². The van der Waals surface area contributed by atoms with Crippen LogP contribution in [0.1, 0.15) is 61.9 Å². The minimum atomic E-state index is -0.440. The van der Waals surface area contributed by atoms with Crippen LogP contribution in [-0.2, 0) is 9.59 Å². The molecule has 2 aromatic rings. The summed E-state index contributed by atoms with van der Waals surface area (Å²) < 4.78 is 0. The van der Waals surface area contributed by atoms with Crippen LogP contribution in [0.15, 0.2) is 41.3 Å². The number of rotatable bonds is 6. The van der Waals surface area contributed by atoms with Gasteiger partial charge >= 0.3 is 0 Å². The van der Waals surface area contributed by atoms with Crippen molar-refractivity contribution in [2.45, 2.75) is 60.4 Å². The first-order chi connectivity index (χ1) is 17.4. The molecule has 6 nitrogen and oxygen atoms in total. The lowest BCUT2D eigenvalue weighted by Gasteiger charge is -2.43. The molecular weight excluding hydrogens is 482 g/mol. The zero-order chi connectivity index (χ0) is 27.1. The fourth-order valence-electron chi connectivity index (χ4n) is 5.14. The Morgan fingerprint density at radius 3 is 2.38 bits per heavy atom. The number of thioether (sulfide) groups is 1. The number of fused-ring (bicyclic) bond motifs is 1. The first kappa shape index (κ1) is 26.7. The van der Waals surface area contributed by atoms with Gasteiger partial charge in [-0.15, -0.1) is 0 Å². The Balaban J connectivity index is 1.58. The molecule has 0 bridgehead atoms. The lowest BCUT2D eigenvalue weighted by Crippen LogP contribution is -2.45. The van der Waals surface area contributed by atoms with Gasteiger partial charge in [0, 0.05) is 23.5 Å². The number of amides is 3. The Bertz CT molecular complexity index is 1340. The van der Waals surface area contributed by atoms with E-state index < -0.39 is 17.1 Å². The molecule has 3 amide bonds. The number of hydrogen-bond donors (Lipinski definition) is 1. The van der Waals surface area contributed by atoms with Gasteiger partial charge in [0.1, 0.15) is 6.54 Å². The summed E-state index contributed by atoms with van der Waals surface area (Å²) in [4.78, 5) is 42.3. The summed E-state index contributed by atoms with van der Waals surface area (Å²) >= 11 is 0.880. The van der Waals surface area contributed by atoms with Crippen molar-refractivity contribution in [2.75, 3.05) is 23.3 Å². The quantitative estimate of drug-likeness (QED) is 0.432. The van der Waals surface area contributed by atoms with Crippen LogP contribution >= 0.6 is 11.8 Å². The molecule has 0 atom stereocenters. The minimum absolute atomic E-state index is 0.0822. The third kappa shape index (κ3) is 5.23. The molecule has 2 aliphatic heterocycles. The van der Waals surface area contributed by atoms with Crippen LogP contribution in [0.5, 0.6) is 0 Å². The molecule has 4 rings (SSSR count). The highest BCUT2D eigenvalue weighted by Gasteiger charge is 2.37. The van der Waals surface area contributed by atoms with E-state index in [1.807, 2.05) is 39.0 Å². The second-order valence-electron chi connectivity index (χ2n) is 10.4. The van der Waals surface area contributed by atoms with Gasteiger partial charge < -0.3 is 10.2 Å². The summed E-state index contributed by atoms with van der Waals surface area (Å²) in [6.45, 7) is 15.2. The summed E-state index contributed by atoms with van der Waals surface area (Å²) in [6, 6.07) is 10.0. The number of carbonyl (C=O) groups excluding carboxylic acids is 3. The lowest BCUT2D eigenvalue weighted by molar-refractivity contribution is -0.127. The van der Waals surface area contributed by atoms with E-state index in [1.54, 1.807) is 6.08 Å². The van der Waals surface area contributed by atoms with E-state index in [9.17, 15) is 14.4 Å². The molecule has 1 fully saturated rings. The van der Waals surface area contributed by atoms with Crippen LogP contribution in [-0.4, -0.2) is 40.6 Å². The molecule has 0 radical (unpaired) electrons. The van der Waals surface area contributed by atoms with Crippen molar-refractivity contribution >= 4 is 51.8 Å². The Hall–Kier alpha value is -3.32. The molecule has 7 heteroatoms. The molecule has 0 unspecified atom stereocenters. The number of imide groups is 1. The first-order valence-electron chi connectivity index (χ1n) is 12.7. The van der Waals surface area contributed by atoms with Crippen LogP contribution in [0.25, 0.3) is 11.6 Å².